The van der Waals surface area contributed by atoms with E-state index in [9.17, 15) is 13.2 Å². The number of amides is 1. The fraction of sp³-hybridized carbons (Fsp3) is 0.316. The van der Waals surface area contributed by atoms with Crippen LogP contribution in [0.25, 0.3) is 0 Å². The lowest BCUT2D eigenvalue weighted by Gasteiger charge is -2.11. The van der Waals surface area contributed by atoms with Crippen molar-refractivity contribution in [3.63, 3.8) is 0 Å². The third-order valence-corrected chi connectivity index (χ3v) is 6.56. The van der Waals surface area contributed by atoms with E-state index in [4.69, 9.17) is 6.42 Å². The lowest BCUT2D eigenvalue weighted by Crippen LogP contribution is -2.28. The van der Waals surface area contributed by atoms with Gasteiger partial charge in [0.2, 0.25) is 10.0 Å². The van der Waals surface area contributed by atoms with Crippen LogP contribution in [0.3, 0.4) is 0 Å². The zero-order valence-corrected chi connectivity index (χ0v) is 16.7. The molecule has 0 radical (unpaired) electrons. The molecule has 0 saturated heterocycles. The summed E-state index contributed by atoms with van der Waals surface area (Å²) in [5.74, 6) is 2.21. The molecule has 0 unspecified atom stereocenters. The number of benzene rings is 1. The first-order valence-electron chi connectivity index (χ1n) is 8.72. The largest absolute Gasteiger partial charge is 0.352 e. The minimum Gasteiger partial charge on any atom is -0.352 e. The van der Waals surface area contributed by atoms with Crippen LogP contribution in [0.15, 0.2) is 56.9 Å². The Morgan fingerprint density at radius 3 is 2.71 bits per heavy atom. The van der Waals surface area contributed by atoms with Crippen LogP contribution in [0.5, 0.6) is 0 Å². The van der Waals surface area contributed by atoms with Crippen molar-refractivity contribution in [1.29, 1.82) is 0 Å². The van der Waals surface area contributed by atoms with Gasteiger partial charge in [-0.1, -0.05) is 12.1 Å². The number of thiophene rings is 1. The summed E-state index contributed by atoms with van der Waals surface area (Å²) in [7, 11) is -3.71. The maximum atomic E-state index is 12.5. The molecular formula is C19H20N4O3S2. The van der Waals surface area contributed by atoms with Gasteiger partial charge in [0.1, 0.15) is 0 Å². The molecule has 0 saturated carbocycles. The van der Waals surface area contributed by atoms with Crippen LogP contribution in [0.4, 0.5) is 0 Å². The Labute approximate surface area is 168 Å². The van der Waals surface area contributed by atoms with Gasteiger partial charge in [-0.3, -0.25) is 4.79 Å². The fourth-order valence-corrected chi connectivity index (χ4v) is 4.40. The molecule has 9 heteroatoms. The van der Waals surface area contributed by atoms with Crippen LogP contribution in [-0.2, 0) is 16.6 Å². The molecule has 28 heavy (non-hydrogen) atoms. The Bertz CT molecular complexity index is 1000. The van der Waals surface area contributed by atoms with E-state index in [-0.39, 0.29) is 22.9 Å². The number of rotatable bonds is 10. The summed E-state index contributed by atoms with van der Waals surface area (Å²) in [5, 5.41) is 12.7. The van der Waals surface area contributed by atoms with Crippen molar-refractivity contribution in [2.24, 2.45) is 10.2 Å². The number of carbonyl (C=O) groups is 1. The smallest absolute Gasteiger partial charge is 0.251 e. The summed E-state index contributed by atoms with van der Waals surface area (Å²) < 4.78 is 27.5. The van der Waals surface area contributed by atoms with Crippen LogP contribution in [0.2, 0.25) is 0 Å². The van der Waals surface area contributed by atoms with E-state index in [0.717, 1.165) is 4.88 Å². The van der Waals surface area contributed by atoms with Gasteiger partial charge in [-0.2, -0.15) is 10.2 Å². The maximum Gasteiger partial charge on any atom is 0.251 e. The number of terminal acetylenes is 1. The minimum atomic E-state index is -3.71. The predicted molar refractivity (Wildman–Crippen MR) is 107 cm³/mol. The average Bonchev–Trinajstić information content (AvgIpc) is 3.26. The number of hydrogen-bond donors (Lipinski definition) is 2. The van der Waals surface area contributed by atoms with Gasteiger partial charge in [0.25, 0.3) is 5.91 Å². The van der Waals surface area contributed by atoms with Crippen molar-refractivity contribution in [3.8, 4) is 12.3 Å². The highest BCUT2D eigenvalue weighted by molar-refractivity contribution is 7.89. The first kappa shape index (κ1) is 20.2. The molecule has 1 aromatic heterocycles. The van der Waals surface area contributed by atoms with Crippen LogP contribution >= 0.6 is 11.3 Å². The molecule has 1 amide bonds. The number of nitrogens with one attached hydrogen (secondary N) is 2. The summed E-state index contributed by atoms with van der Waals surface area (Å²) in [6.45, 7) is 0.590. The van der Waals surface area contributed by atoms with Crippen molar-refractivity contribution >= 4 is 27.3 Å². The van der Waals surface area contributed by atoms with Gasteiger partial charge in [0.05, 0.1) is 4.90 Å². The number of sulfonamides is 1. The van der Waals surface area contributed by atoms with Crippen molar-refractivity contribution in [2.75, 3.05) is 6.54 Å². The average molecular weight is 417 g/mol. The second-order valence-electron chi connectivity index (χ2n) is 6.32. The second-order valence-corrected chi connectivity index (χ2v) is 9.12. The SMILES string of the molecule is C#CCCC1(CCNC(=O)c2cccc(S(=O)(=O)NCc3cccs3)c2)N=N1. The van der Waals surface area contributed by atoms with Gasteiger partial charge in [-0.25, -0.2) is 13.1 Å². The molecule has 3 rings (SSSR count). The first-order valence-corrected chi connectivity index (χ1v) is 11.1. The Morgan fingerprint density at radius 2 is 2.04 bits per heavy atom. The lowest BCUT2D eigenvalue weighted by atomic mass is 10.0. The molecule has 1 aliphatic heterocycles. The summed E-state index contributed by atoms with van der Waals surface area (Å²) in [6, 6.07) is 9.67. The molecule has 0 bridgehead atoms. The summed E-state index contributed by atoms with van der Waals surface area (Å²) in [4.78, 5) is 13.3. The molecule has 146 valence electrons. The van der Waals surface area contributed by atoms with Crippen LogP contribution in [0.1, 0.15) is 34.5 Å². The third kappa shape index (κ3) is 5.25. The van der Waals surface area contributed by atoms with E-state index in [1.165, 1.54) is 23.5 Å². The highest BCUT2D eigenvalue weighted by Crippen LogP contribution is 2.36. The Balaban J connectivity index is 1.56. The minimum absolute atomic E-state index is 0.0504. The van der Waals surface area contributed by atoms with Gasteiger partial charge in [0, 0.05) is 42.8 Å². The molecule has 0 aliphatic carbocycles. The van der Waals surface area contributed by atoms with Crippen LogP contribution in [0, 0.1) is 12.3 Å². The molecule has 2 N–H and O–H groups in total. The van der Waals surface area contributed by atoms with Crippen molar-refractivity contribution in [2.45, 2.75) is 36.4 Å². The van der Waals surface area contributed by atoms with E-state index in [2.05, 4.69) is 26.2 Å². The molecule has 0 fully saturated rings. The highest BCUT2D eigenvalue weighted by Gasteiger charge is 2.38. The molecule has 0 atom stereocenters. The number of hydrogen-bond acceptors (Lipinski definition) is 6. The maximum absolute atomic E-state index is 12.5. The van der Waals surface area contributed by atoms with Crippen LogP contribution < -0.4 is 10.0 Å². The summed E-state index contributed by atoms with van der Waals surface area (Å²) in [5.41, 5.74) is -0.183. The Kier molecular flexibility index (Phi) is 6.24. The van der Waals surface area contributed by atoms with Gasteiger partial charge in [-0.15, -0.1) is 23.7 Å². The van der Waals surface area contributed by atoms with Crippen molar-refractivity contribution in [3.05, 3.63) is 52.2 Å². The number of carbonyl (C=O) groups excluding carboxylic acids is 1. The molecule has 0 spiro atoms. The van der Waals surface area contributed by atoms with E-state index in [1.54, 1.807) is 12.1 Å². The fourth-order valence-electron chi connectivity index (χ4n) is 2.61. The van der Waals surface area contributed by atoms with E-state index in [1.807, 2.05) is 17.5 Å². The summed E-state index contributed by atoms with van der Waals surface area (Å²) >= 11 is 1.47. The standard InChI is InChI=1S/C19H20N4O3S2/c1-2-3-9-19(22-23-19)10-11-20-18(24)15-6-4-8-17(13-15)28(25,26)21-14-16-7-5-12-27-16/h1,4-8,12-13,21H,3,9-11,14H2,(H,20,24). The van der Waals surface area contributed by atoms with Gasteiger partial charge >= 0.3 is 0 Å². The predicted octanol–water partition coefficient (Wildman–Crippen LogP) is 2.92. The van der Waals surface area contributed by atoms with Crippen LogP contribution in [-0.4, -0.2) is 26.5 Å². The first-order chi connectivity index (χ1) is 13.4. The van der Waals surface area contributed by atoms with Crippen molar-refractivity contribution in [1.82, 2.24) is 10.0 Å². The quantitative estimate of drug-likeness (QED) is 0.583. The highest BCUT2D eigenvalue weighted by atomic mass is 32.2. The molecule has 2 aromatic rings. The molecule has 1 aromatic carbocycles. The monoisotopic (exact) mass is 416 g/mol. The topological polar surface area (TPSA) is 100.0 Å². The number of nitrogens with zero attached hydrogens (tertiary/aromatic N) is 2. The molecule has 1 aliphatic rings. The van der Waals surface area contributed by atoms with Gasteiger partial charge < -0.3 is 5.32 Å². The Morgan fingerprint density at radius 1 is 1.21 bits per heavy atom. The molecular weight excluding hydrogens is 396 g/mol. The van der Waals surface area contributed by atoms with E-state index >= 15 is 0 Å². The zero-order chi connectivity index (χ0) is 20.0. The van der Waals surface area contributed by atoms with E-state index in [0.29, 0.717) is 25.8 Å². The van der Waals surface area contributed by atoms with Crippen molar-refractivity contribution < 1.29 is 13.2 Å². The molecule has 7 nitrogen and oxygen atoms in total. The van der Waals surface area contributed by atoms with E-state index < -0.39 is 15.7 Å². The zero-order valence-electron chi connectivity index (χ0n) is 15.1. The van der Waals surface area contributed by atoms with Gasteiger partial charge in [0.15, 0.2) is 5.66 Å². The normalized spacial score (nSPS) is 14.4. The third-order valence-electron chi connectivity index (χ3n) is 4.29. The Hall–Kier alpha value is -2.54. The lowest BCUT2D eigenvalue weighted by molar-refractivity contribution is 0.0951. The van der Waals surface area contributed by atoms with Gasteiger partial charge in [-0.05, 0) is 29.6 Å². The second kappa shape index (κ2) is 8.65. The molecule has 2 heterocycles. The summed E-state index contributed by atoms with van der Waals surface area (Å²) in [6.07, 6.45) is 7.08.